The summed E-state index contributed by atoms with van der Waals surface area (Å²) in [6.45, 7) is 7.81. The van der Waals surface area contributed by atoms with Gasteiger partial charge in [-0.25, -0.2) is 15.0 Å². The van der Waals surface area contributed by atoms with Crippen molar-refractivity contribution in [1.29, 1.82) is 0 Å². The van der Waals surface area contributed by atoms with E-state index in [0.29, 0.717) is 0 Å². The predicted molar refractivity (Wildman–Crippen MR) is 122 cm³/mol. The highest BCUT2D eigenvalue weighted by molar-refractivity contribution is 7.58. The van der Waals surface area contributed by atoms with Crippen molar-refractivity contribution in [2.24, 2.45) is 21.1 Å². The SMILES string of the molecule is CC[P+](O)(O)O.CCc1nccn1C.CCc1nccn1C.CCc1nccn1C. The summed E-state index contributed by atoms with van der Waals surface area (Å²) < 4.78 is 6.08. The van der Waals surface area contributed by atoms with Gasteiger partial charge in [0, 0.05) is 77.6 Å². The van der Waals surface area contributed by atoms with Crippen LogP contribution in [0, 0.1) is 0 Å². The molecule has 0 bridgehead atoms. The van der Waals surface area contributed by atoms with Gasteiger partial charge < -0.3 is 13.7 Å². The molecule has 0 unspecified atom stereocenters. The number of aromatic nitrogens is 6. The van der Waals surface area contributed by atoms with E-state index in [0.717, 1.165) is 36.7 Å². The molecule has 3 rings (SSSR count). The minimum absolute atomic E-state index is 0.0486. The second-order valence-electron chi connectivity index (χ2n) is 6.43. The summed E-state index contributed by atoms with van der Waals surface area (Å²) >= 11 is 0. The summed E-state index contributed by atoms with van der Waals surface area (Å²) in [4.78, 5) is 36.4. The van der Waals surface area contributed by atoms with E-state index in [1.54, 1.807) is 0 Å². The van der Waals surface area contributed by atoms with E-state index in [-0.39, 0.29) is 6.16 Å². The van der Waals surface area contributed by atoms with Crippen LogP contribution < -0.4 is 0 Å². The first-order chi connectivity index (χ1) is 14.1. The van der Waals surface area contributed by atoms with Crippen molar-refractivity contribution in [2.45, 2.75) is 47.0 Å². The second-order valence-corrected chi connectivity index (χ2v) is 8.45. The molecular formula is C20H38N6O3P+. The molecule has 170 valence electrons. The Morgan fingerprint density at radius 2 is 0.867 bits per heavy atom. The van der Waals surface area contributed by atoms with Gasteiger partial charge in [0.1, 0.15) is 23.6 Å². The highest BCUT2D eigenvalue weighted by Gasteiger charge is 2.24. The molecule has 10 heteroatoms. The Bertz CT molecular complexity index is 712. The molecule has 0 atom stereocenters. The van der Waals surface area contributed by atoms with Gasteiger partial charge in [0.25, 0.3) is 0 Å². The molecule has 3 heterocycles. The second kappa shape index (κ2) is 14.8. The Morgan fingerprint density at radius 3 is 0.933 bits per heavy atom. The predicted octanol–water partition coefficient (Wildman–Crippen LogP) is 2.69. The monoisotopic (exact) mass is 441 g/mol. The Morgan fingerprint density at radius 1 is 0.633 bits per heavy atom. The first-order valence-corrected chi connectivity index (χ1v) is 11.9. The van der Waals surface area contributed by atoms with Crippen LogP contribution in [0.25, 0.3) is 0 Å². The first kappa shape index (κ1) is 27.9. The molecule has 3 aromatic heterocycles. The summed E-state index contributed by atoms with van der Waals surface area (Å²) in [7, 11) is 2.62. The van der Waals surface area contributed by atoms with Gasteiger partial charge in [-0.2, -0.15) is 14.7 Å². The van der Waals surface area contributed by atoms with Gasteiger partial charge in [-0.1, -0.05) is 20.8 Å². The van der Waals surface area contributed by atoms with E-state index in [1.165, 1.54) is 6.92 Å². The van der Waals surface area contributed by atoms with Crippen molar-refractivity contribution < 1.29 is 14.7 Å². The van der Waals surface area contributed by atoms with Crippen LogP contribution in [-0.2, 0) is 40.4 Å². The molecule has 0 saturated heterocycles. The number of hydrogen-bond acceptors (Lipinski definition) is 6. The standard InChI is InChI=1S/3C6H10N2.C2H8O3P/c3*1-3-6-7-4-5-8(6)2;1-2-6(3,4)5/h3*4-5H,3H2,1-2H3;3-5H,2H2,1H3/q;;;+1. The van der Waals surface area contributed by atoms with Crippen LogP contribution >= 0.6 is 7.94 Å². The Balaban J connectivity index is 0.000000377. The maximum atomic E-state index is 8.05. The summed E-state index contributed by atoms with van der Waals surface area (Å²) in [6.07, 6.45) is 14.4. The van der Waals surface area contributed by atoms with Gasteiger partial charge >= 0.3 is 7.94 Å². The van der Waals surface area contributed by atoms with E-state index < -0.39 is 7.94 Å². The fourth-order valence-electron chi connectivity index (χ4n) is 2.21. The lowest BCUT2D eigenvalue weighted by atomic mass is 10.5. The van der Waals surface area contributed by atoms with E-state index >= 15 is 0 Å². The van der Waals surface area contributed by atoms with Gasteiger partial charge in [-0.3, -0.25) is 0 Å². The third-order valence-corrected chi connectivity index (χ3v) is 4.98. The average molecular weight is 442 g/mol. The van der Waals surface area contributed by atoms with Crippen molar-refractivity contribution in [1.82, 2.24) is 28.7 Å². The zero-order chi connectivity index (χ0) is 23.2. The molecule has 0 aliphatic heterocycles. The first-order valence-electron chi connectivity index (χ1n) is 10.0. The number of imidazole rings is 3. The molecule has 9 nitrogen and oxygen atoms in total. The molecule has 0 fully saturated rings. The number of aryl methyl sites for hydroxylation is 6. The van der Waals surface area contributed by atoms with Crippen LogP contribution in [0.15, 0.2) is 37.2 Å². The molecule has 0 amide bonds. The third-order valence-electron chi connectivity index (χ3n) is 4.14. The minimum Gasteiger partial charge on any atom is -0.338 e. The Hall–Kier alpha value is -2.06. The van der Waals surface area contributed by atoms with Gasteiger partial charge in [0.2, 0.25) is 0 Å². The van der Waals surface area contributed by atoms with Crippen LogP contribution in [-0.4, -0.2) is 49.5 Å². The normalized spacial score (nSPS) is 10.2. The van der Waals surface area contributed by atoms with Gasteiger partial charge in [0.05, 0.1) is 0 Å². The molecule has 0 saturated carbocycles. The molecule has 0 aliphatic rings. The van der Waals surface area contributed by atoms with Gasteiger partial charge in [0.15, 0.2) is 0 Å². The van der Waals surface area contributed by atoms with Crippen LogP contribution in [0.1, 0.15) is 45.2 Å². The van der Waals surface area contributed by atoms with Crippen molar-refractivity contribution in [3.63, 3.8) is 0 Å². The van der Waals surface area contributed by atoms with Crippen molar-refractivity contribution in [2.75, 3.05) is 6.16 Å². The quantitative estimate of drug-likeness (QED) is 0.537. The summed E-state index contributed by atoms with van der Waals surface area (Å²) in [6, 6.07) is 0. The Kier molecular flexibility index (Phi) is 13.8. The minimum atomic E-state index is -3.40. The summed E-state index contributed by atoms with van der Waals surface area (Å²) in [5, 5.41) is 0. The molecule has 0 radical (unpaired) electrons. The van der Waals surface area contributed by atoms with E-state index in [1.807, 2.05) is 72.0 Å². The van der Waals surface area contributed by atoms with Gasteiger partial charge in [-0.05, 0) is 6.92 Å². The largest absolute Gasteiger partial charge is 0.403 e. The lowest BCUT2D eigenvalue weighted by molar-refractivity contribution is 0.332. The van der Waals surface area contributed by atoms with Crippen LogP contribution in [0.5, 0.6) is 0 Å². The van der Waals surface area contributed by atoms with Crippen molar-refractivity contribution in [3.8, 4) is 0 Å². The molecular weight excluding hydrogens is 403 g/mol. The molecule has 3 aromatic rings. The van der Waals surface area contributed by atoms with E-state index in [9.17, 15) is 0 Å². The van der Waals surface area contributed by atoms with Crippen LogP contribution in [0.2, 0.25) is 0 Å². The van der Waals surface area contributed by atoms with Crippen LogP contribution in [0.4, 0.5) is 0 Å². The highest BCUT2D eigenvalue weighted by atomic mass is 31.2. The van der Waals surface area contributed by atoms with Crippen molar-refractivity contribution >= 4 is 7.94 Å². The average Bonchev–Trinajstić information content (AvgIpc) is 3.43. The lowest BCUT2D eigenvalue weighted by Gasteiger charge is -1.95. The zero-order valence-corrected chi connectivity index (χ0v) is 20.2. The fourth-order valence-corrected chi connectivity index (χ4v) is 2.21. The van der Waals surface area contributed by atoms with E-state index in [4.69, 9.17) is 14.7 Å². The zero-order valence-electron chi connectivity index (χ0n) is 19.3. The topological polar surface area (TPSA) is 114 Å². The molecule has 0 aromatic carbocycles. The number of rotatable bonds is 4. The fraction of sp³-hybridized carbons (Fsp3) is 0.550. The van der Waals surface area contributed by atoms with Gasteiger partial charge in [-0.15, -0.1) is 0 Å². The third kappa shape index (κ3) is 11.8. The molecule has 0 aliphatic carbocycles. The Labute approximate surface area is 180 Å². The summed E-state index contributed by atoms with van der Waals surface area (Å²) in [5.41, 5.74) is 0. The smallest absolute Gasteiger partial charge is 0.338 e. The lowest BCUT2D eigenvalue weighted by Crippen LogP contribution is -1.92. The summed E-state index contributed by atoms with van der Waals surface area (Å²) in [5.74, 6) is 3.43. The molecule has 30 heavy (non-hydrogen) atoms. The molecule has 0 spiro atoms. The maximum absolute atomic E-state index is 8.05. The number of hydrogen-bond donors (Lipinski definition) is 3. The number of nitrogens with zero attached hydrogens (tertiary/aromatic N) is 6. The van der Waals surface area contributed by atoms with Crippen molar-refractivity contribution in [3.05, 3.63) is 54.7 Å². The molecule has 3 N–H and O–H groups in total. The van der Waals surface area contributed by atoms with E-state index in [2.05, 4.69) is 35.7 Å². The van der Waals surface area contributed by atoms with Crippen LogP contribution in [0.3, 0.4) is 0 Å². The maximum Gasteiger partial charge on any atom is 0.403 e. The highest BCUT2D eigenvalue weighted by Crippen LogP contribution is 2.43.